The molecule has 0 aliphatic heterocycles. The van der Waals surface area contributed by atoms with Crippen LogP contribution in [0.3, 0.4) is 0 Å². The van der Waals surface area contributed by atoms with E-state index in [1.54, 1.807) is 0 Å². The second kappa shape index (κ2) is 4.40. The summed E-state index contributed by atoms with van der Waals surface area (Å²) in [6.45, 7) is 4.32. The molecule has 0 radical (unpaired) electrons. The van der Waals surface area contributed by atoms with Gasteiger partial charge in [0.15, 0.2) is 0 Å². The summed E-state index contributed by atoms with van der Waals surface area (Å²) >= 11 is 3.57. The van der Waals surface area contributed by atoms with Crippen molar-refractivity contribution in [2.45, 2.75) is 19.8 Å². The van der Waals surface area contributed by atoms with Crippen molar-refractivity contribution >= 4 is 22.0 Å². The Balaban J connectivity index is 2.10. The number of allylic oxidation sites excluding steroid dienone is 1. The second-order valence-electron chi connectivity index (χ2n) is 4.97. The topological polar surface area (TPSA) is 0 Å². The van der Waals surface area contributed by atoms with Crippen molar-refractivity contribution in [2.75, 3.05) is 0 Å². The number of halogens is 1. The van der Waals surface area contributed by atoms with E-state index < -0.39 is 0 Å². The van der Waals surface area contributed by atoms with Crippen molar-refractivity contribution in [1.82, 2.24) is 0 Å². The molecule has 0 bridgehead atoms. The van der Waals surface area contributed by atoms with Gasteiger partial charge in [-0.3, -0.25) is 0 Å². The van der Waals surface area contributed by atoms with Crippen LogP contribution in [0.5, 0.6) is 0 Å². The van der Waals surface area contributed by atoms with Crippen LogP contribution in [0.25, 0.3) is 6.08 Å². The van der Waals surface area contributed by atoms with E-state index in [-0.39, 0.29) is 0 Å². The average molecular weight is 299 g/mol. The van der Waals surface area contributed by atoms with Gasteiger partial charge >= 0.3 is 0 Å². The minimum absolute atomic E-state index is 0.411. The van der Waals surface area contributed by atoms with Crippen LogP contribution in [0.2, 0.25) is 0 Å². The zero-order valence-corrected chi connectivity index (χ0v) is 12.2. The quantitative estimate of drug-likeness (QED) is 0.677. The van der Waals surface area contributed by atoms with Gasteiger partial charge in [-0.2, -0.15) is 0 Å². The first-order valence-electron chi connectivity index (χ1n) is 6.20. The molecule has 0 spiro atoms. The number of benzene rings is 2. The maximum atomic E-state index is 3.57. The van der Waals surface area contributed by atoms with Gasteiger partial charge in [0.1, 0.15) is 0 Å². The van der Waals surface area contributed by atoms with Gasteiger partial charge in [-0.15, -0.1) is 0 Å². The minimum Gasteiger partial charge on any atom is -0.0720 e. The van der Waals surface area contributed by atoms with Gasteiger partial charge in [0, 0.05) is 10.4 Å². The third-order valence-corrected chi connectivity index (χ3v) is 4.06. The Hall–Kier alpha value is -1.34. The molecule has 1 atom stereocenters. The fourth-order valence-electron chi connectivity index (χ4n) is 2.69. The Bertz CT molecular complexity index is 621. The molecule has 0 nitrogen and oxygen atoms in total. The first kappa shape index (κ1) is 11.7. The van der Waals surface area contributed by atoms with Crippen LogP contribution in [0, 0.1) is 13.8 Å². The van der Waals surface area contributed by atoms with E-state index in [1.807, 2.05) is 0 Å². The van der Waals surface area contributed by atoms with Crippen molar-refractivity contribution in [2.24, 2.45) is 0 Å². The molecular weight excluding hydrogens is 284 g/mol. The van der Waals surface area contributed by atoms with Crippen LogP contribution in [0.15, 0.2) is 46.9 Å². The van der Waals surface area contributed by atoms with Crippen LogP contribution in [-0.4, -0.2) is 0 Å². The van der Waals surface area contributed by atoms with Gasteiger partial charge in [0.05, 0.1) is 0 Å². The Morgan fingerprint density at radius 3 is 2.44 bits per heavy atom. The number of fused-ring (bicyclic) bond motifs is 1. The van der Waals surface area contributed by atoms with Gasteiger partial charge in [0.25, 0.3) is 0 Å². The van der Waals surface area contributed by atoms with Crippen molar-refractivity contribution in [3.8, 4) is 0 Å². The lowest BCUT2D eigenvalue weighted by Crippen LogP contribution is -1.99. The summed E-state index contributed by atoms with van der Waals surface area (Å²) in [5.41, 5.74) is 6.83. The largest absolute Gasteiger partial charge is 0.0720 e. The van der Waals surface area contributed by atoms with E-state index in [0.29, 0.717) is 5.92 Å². The lowest BCUT2D eigenvalue weighted by molar-refractivity contribution is 1.03. The lowest BCUT2D eigenvalue weighted by Gasteiger charge is -2.15. The Kier molecular flexibility index (Phi) is 2.87. The van der Waals surface area contributed by atoms with Crippen LogP contribution >= 0.6 is 15.9 Å². The monoisotopic (exact) mass is 298 g/mol. The van der Waals surface area contributed by atoms with Crippen molar-refractivity contribution in [3.63, 3.8) is 0 Å². The van der Waals surface area contributed by atoms with Gasteiger partial charge < -0.3 is 0 Å². The molecule has 0 N–H and O–H groups in total. The first-order chi connectivity index (χ1) is 8.65. The summed E-state index contributed by atoms with van der Waals surface area (Å²) < 4.78 is 1.16. The summed E-state index contributed by atoms with van der Waals surface area (Å²) in [6.07, 6.45) is 4.53. The van der Waals surface area contributed by atoms with E-state index in [0.717, 1.165) is 4.47 Å². The number of hydrogen-bond donors (Lipinski definition) is 0. The van der Waals surface area contributed by atoms with Crippen molar-refractivity contribution in [1.29, 1.82) is 0 Å². The Labute approximate surface area is 116 Å². The lowest BCUT2D eigenvalue weighted by atomic mass is 9.90. The number of hydrogen-bond acceptors (Lipinski definition) is 0. The molecule has 0 saturated carbocycles. The van der Waals surface area contributed by atoms with Gasteiger partial charge in [0.2, 0.25) is 0 Å². The Morgan fingerprint density at radius 2 is 1.72 bits per heavy atom. The molecule has 0 fully saturated rings. The molecular formula is C17H15Br. The molecule has 1 aliphatic rings. The molecule has 2 aromatic rings. The van der Waals surface area contributed by atoms with Crippen LogP contribution in [0.1, 0.15) is 33.7 Å². The zero-order valence-electron chi connectivity index (χ0n) is 10.6. The molecule has 0 aromatic heterocycles. The molecule has 3 rings (SSSR count). The van der Waals surface area contributed by atoms with E-state index in [4.69, 9.17) is 0 Å². The molecule has 1 heteroatoms. The predicted molar refractivity (Wildman–Crippen MR) is 80.9 cm³/mol. The maximum Gasteiger partial charge on any atom is 0.0281 e. The molecule has 1 aliphatic carbocycles. The molecule has 90 valence electrons. The SMILES string of the molecule is Cc1ccc(C2C=Cc3cc(Br)cc(C)c32)cc1. The molecule has 0 heterocycles. The second-order valence-corrected chi connectivity index (χ2v) is 5.89. The smallest absolute Gasteiger partial charge is 0.0281 e. The van der Waals surface area contributed by atoms with Crippen LogP contribution in [-0.2, 0) is 0 Å². The summed E-state index contributed by atoms with van der Waals surface area (Å²) in [6, 6.07) is 13.3. The number of rotatable bonds is 1. The molecule has 0 saturated heterocycles. The zero-order chi connectivity index (χ0) is 12.7. The first-order valence-corrected chi connectivity index (χ1v) is 6.99. The van der Waals surface area contributed by atoms with Crippen LogP contribution in [0.4, 0.5) is 0 Å². The summed E-state index contributed by atoms with van der Waals surface area (Å²) in [5, 5.41) is 0. The van der Waals surface area contributed by atoms with Gasteiger partial charge in [-0.1, -0.05) is 57.9 Å². The van der Waals surface area contributed by atoms with E-state index >= 15 is 0 Å². The molecule has 0 amide bonds. The summed E-state index contributed by atoms with van der Waals surface area (Å²) in [5.74, 6) is 0.411. The van der Waals surface area contributed by atoms with E-state index in [1.165, 1.54) is 27.8 Å². The third-order valence-electron chi connectivity index (χ3n) is 3.60. The third kappa shape index (κ3) is 1.93. The summed E-state index contributed by atoms with van der Waals surface area (Å²) in [4.78, 5) is 0. The van der Waals surface area contributed by atoms with Gasteiger partial charge in [-0.05, 0) is 48.2 Å². The standard InChI is InChI=1S/C17H15Br/c1-11-3-5-13(6-4-11)16-8-7-14-10-15(18)9-12(2)17(14)16/h3-10,16H,1-2H3. The van der Waals surface area contributed by atoms with E-state index in [2.05, 4.69) is 78.3 Å². The summed E-state index contributed by atoms with van der Waals surface area (Å²) in [7, 11) is 0. The van der Waals surface area contributed by atoms with Gasteiger partial charge in [-0.25, -0.2) is 0 Å². The van der Waals surface area contributed by atoms with E-state index in [9.17, 15) is 0 Å². The van der Waals surface area contributed by atoms with Crippen LogP contribution < -0.4 is 0 Å². The maximum absolute atomic E-state index is 3.57. The fourth-order valence-corrected chi connectivity index (χ4v) is 3.28. The minimum atomic E-state index is 0.411. The normalized spacial score (nSPS) is 16.9. The highest BCUT2D eigenvalue weighted by Crippen LogP contribution is 2.38. The van der Waals surface area contributed by atoms with Crippen molar-refractivity contribution in [3.05, 3.63) is 74.8 Å². The molecule has 18 heavy (non-hydrogen) atoms. The highest BCUT2D eigenvalue weighted by Gasteiger charge is 2.21. The Morgan fingerprint density at radius 1 is 1.00 bits per heavy atom. The predicted octanol–water partition coefficient (Wildman–Crippen LogP) is 5.22. The molecule has 2 aromatic carbocycles. The highest BCUT2D eigenvalue weighted by atomic mass is 79.9. The fraction of sp³-hybridized carbons (Fsp3) is 0.176. The van der Waals surface area contributed by atoms with Crippen molar-refractivity contribution < 1.29 is 0 Å². The average Bonchev–Trinajstić information content (AvgIpc) is 2.74. The molecule has 1 unspecified atom stereocenters. The highest BCUT2D eigenvalue weighted by molar-refractivity contribution is 9.10. The number of aryl methyl sites for hydroxylation is 2.